The lowest BCUT2D eigenvalue weighted by Crippen LogP contribution is -2.24. The van der Waals surface area contributed by atoms with Gasteiger partial charge >= 0.3 is 0 Å². The second-order valence-electron chi connectivity index (χ2n) is 5.33. The molecule has 1 atom stereocenters. The Hall–Kier alpha value is -1.77. The van der Waals surface area contributed by atoms with Crippen LogP contribution in [0.2, 0.25) is 0 Å². The summed E-state index contributed by atoms with van der Waals surface area (Å²) < 4.78 is 2.16. The molecule has 1 N–H and O–H groups in total. The van der Waals surface area contributed by atoms with E-state index in [0.717, 1.165) is 25.1 Å². The molecule has 3 nitrogen and oxygen atoms in total. The lowest BCUT2D eigenvalue weighted by atomic mass is 10.00. The van der Waals surface area contributed by atoms with Gasteiger partial charge in [-0.3, -0.25) is 0 Å². The Morgan fingerprint density at radius 3 is 2.68 bits per heavy atom. The zero-order valence-corrected chi connectivity index (χ0v) is 11.9. The molecule has 0 fully saturated rings. The smallest absolute Gasteiger partial charge is 0.128 e. The fourth-order valence-corrected chi connectivity index (χ4v) is 2.80. The third-order valence-electron chi connectivity index (χ3n) is 4.16. The minimum Gasteiger partial charge on any atom is -0.370 e. The minimum absolute atomic E-state index is 0.370. The Balaban J connectivity index is 2.00. The molecule has 1 aliphatic rings. The number of hydrogen-bond acceptors (Lipinski definition) is 2. The van der Waals surface area contributed by atoms with E-state index >= 15 is 0 Å². The number of anilines is 1. The first kappa shape index (κ1) is 12.3. The first-order chi connectivity index (χ1) is 9.20. The van der Waals surface area contributed by atoms with Gasteiger partial charge in [0.1, 0.15) is 5.82 Å². The van der Waals surface area contributed by atoms with Gasteiger partial charge in [-0.15, -0.1) is 0 Å². The first-order valence-electron chi connectivity index (χ1n) is 7.09. The van der Waals surface area contributed by atoms with Crippen molar-refractivity contribution < 1.29 is 0 Å². The molecule has 3 heteroatoms. The molecule has 100 valence electrons. The highest BCUT2D eigenvalue weighted by atomic mass is 15.4. The summed E-state index contributed by atoms with van der Waals surface area (Å²) >= 11 is 0. The van der Waals surface area contributed by atoms with E-state index in [-0.39, 0.29) is 0 Å². The Morgan fingerprint density at radius 1 is 1.26 bits per heavy atom. The van der Waals surface area contributed by atoms with Gasteiger partial charge in [0.15, 0.2) is 0 Å². The van der Waals surface area contributed by atoms with Crippen LogP contribution in [0.25, 0.3) is 0 Å². The molecule has 0 bridgehead atoms. The van der Waals surface area contributed by atoms with Crippen molar-refractivity contribution in [2.45, 2.75) is 39.7 Å². The van der Waals surface area contributed by atoms with Crippen molar-refractivity contribution in [3.63, 3.8) is 0 Å². The van der Waals surface area contributed by atoms with E-state index in [1.165, 1.54) is 22.5 Å². The summed E-state index contributed by atoms with van der Waals surface area (Å²) in [6, 6.07) is 9.35. The molecule has 2 heterocycles. The van der Waals surface area contributed by atoms with Gasteiger partial charge in [0.05, 0.1) is 11.7 Å². The van der Waals surface area contributed by atoms with Gasteiger partial charge in [0.25, 0.3) is 0 Å². The first-order valence-corrected chi connectivity index (χ1v) is 7.09. The van der Waals surface area contributed by atoms with Crippen molar-refractivity contribution >= 4 is 5.82 Å². The summed E-state index contributed by atoms with van der Waals surface area (Å²) in [7, 11) is 0. The van der Waals surface area contributed by atoms with E-state index in [1.807, 2.05) is 0 Å². The highest BCUT2D eigenvalue weighted by molar-refractivity contribution is 5.49. The zero-order chi connectivity index (χ0) is 13.4. The fourth-order valence-electron chi connectivity index (χ4n) is 2.80. The summed E-state index contributed by atoms with van der Waals surface area (Å²) in [5, 5.41) is 8.18. The number of rotatable bonds is 2. The van der Waals surface area contributed by atoms with Gasteiger partial charge in [-0.1, -0.05) is 31.2 Å². The molecule has 1 aromatic heterocycles. The number of fused-ring (bicyclic) bond motifs is 1. The lowest BCUT2D eigenvalue weighted by Gasteiger charge is -2.26. The van der Waals surface area contributed by atoms with Crippen molar-refractivity contribution in [3.8, 4) is 0 Å². The summed E-state index contributed by atoms with van der Waals surface area (Å²) in [5.74, 6) is 1.19. The quantitative estimate of drug-likeness (QED) is 0.890. The monoisotopic (exact) mass is 255 g/mol. The van der Waals surface area contributed by atoms with Crippen LogP contribution in [0.1, 0.15) is 41.8 Å². The number of nitrogens with zero attached hydrogens (tertiary/aromatic N) is 2. The van der Waals surface area contributed by atoms with Crippen molar-refractivity contribution in [1.82, 2.24) is 9.78 Å². The van der Waals surface area contributed by atoms with Crippen LogP contribution in [0.5, 0.6) is 0 Å². The van der Waals surface area contributed by atoms with Crippen LogP contribution >= 0.6 is 0 Å². The maximum atomic E-state index is 4.71. The van der Waals surface area contributed by atoms with Crippen LogP contribution in [0.4, 0.5) is 5.82 Å². The molecule has 1 aromatic carbocycles. The maximum Gasteiger partial charge on any atom is 0.128 e. The van der Waals surface area contributed by atoms with Crippen LogP contribution in [0.15, 0.2) is 24.3 Å². The molecule has 0 aliphatic carbocycles. The van der Waals surface area contributed by atoms with Crippen molar-refractivity contribution in [2.24, 2.45) is 0 Å². The van der Waals surface area contributed by atoms with E-state index in [2.05, 4.69) is 55.0 Å². The summed E-state index contributed by atoms with van der Waals surface area (Å²) in [6.45, 7) is 7.44. The fraction of sp³-hybridized carbons (Fsp3) is 0.438. The standard InChI is InChI=1S/C16H21N3/c1-4-13-5-7-14(8-6-13)15-9-10-17-16-11(2)12(3)18-19(15)16/h5-8,15,17H,4,9-10H2,1-3H3. The Kier molecular flexibility index (Phi) is 3.05. The number of aromatic nitrogens is 2. The average molecular weight is 255 g/mol. The number of benzene rings is 1. The Bertz CT molecular complexity index is 581. The second kappa shape index (κ2) is 4.72. The highest BCUT2D eigenvalue weighted by Crippen LogP contribution is 2.32. The zero-order valence-electron chi connectivity index (χ0n) is 11.9. The SMILES string of the molecule is CCc1ccc(C2CCNc3c(C)c(C)nn32)cc1. The van der Waals surface area contributed by atoms with E-state index in [0.29, 0.717) is 6.04 Å². The third kappa shape index (κ3) is 2.03. The van der Waals surface area contributed by atoms with Gasteiger partial charge in [0, 0.05) is 12.1 Å². The maximum absolute atomic E-state index is 4.71. The molecule has 1 aliphatic heterocycles. The molecule has 3 rings (SSSR count). The Morgan fingerprint density at radius 2 is 2.00 bits per heavy atom. The summed E-state index contributed by atoms with van der Waals surface area (Å²) in [5.41, 5.74) is 5.16. The number of aryl methyl sites for hydroxylation is 2. The predicted molar refractivity (Wildman–Crippen MR) is 78.8 cm³/mol. The van der Waals surface area contributed by atoms with Gasteiger partial charge in [-0.25, -0.2) is 4.68 Å². The van der Waals surface area contributed by atoms with E-state index in [4.69, 9.17) is 5.10 Å². The molecular weight excluding hydrogens is 234 g/mol. The molecule has 0 amide bonds. The topological polar surface area (TPSA) is 29.9 Å². The van der Waals surface area contributed by atoms with Gasteiger partial charge in [0.2, 0.25) is 0 Å². The molecule has 0 radical (unpaired) electrons. The molecule has 0 saturated heterocycles. The minimum atomic E-state index is 0.370. The summed E-state index contributed by atoms with van der Waals surface area (Å²) in [4.78, 5) is 0. The molecule has 1 unspecified atom stereocenters. The van der Waals surface area contributed by atoms with Crippen molar-refractivity contribution in [1.29, 1.82) is 0 Å². The second-order valence-corrected chi connectivity index (χ2v) is 5.33. The van der Waals surface area contributed by atoms with Crippen molar-refractivity contribution in [2.75, 3.05) is 11.9 Å². The van der Waals surface area contributed by atoms with Crippen molar-refractivity contribution in [3.05, 3.63) is 46.6 Å². The Labute approximate surface area is 114 Å². The van der Waals surface area contributed by atoms with E-state index < -0.39 is 0 Å². The van der Waals surface area contributed by atoms with Crippen LogP contribution in [0, 0.1) is 13.8 Å². The molecular formula is C16H21N3. The third-order valence-corrected chi connectivity index (χ3v) is 4.16. The largest absolute Gasteiger partial charge is 0.370 e. The highest BCUT2D eigenvalue weighted by Gasteiger charge is 2.24. The van der Waals surface area contributed by atoms with Crippen LogP contribution < -0.4 is 5.32 Å². The predicted octanol–water partition coefficient (Wildman–Crippen LogP) is 3.47. The van der Waals surface area contributed by atoms with E-state index in [1.54, 1.807) is 0 Å². The van der Waals surface area contributed by atoms with E-state index in [9.17, 15) is 0 Å². The van der Waals surface area contributed by atoms with Gasteiger partial charge in [-0.05, 0) is 37.8 Å². The molecule has 19 heavy (non-hydrogen) atoms. The normalized spacial score (nSPS) is 17.9. The van der Waals surface area contributed by atoms with Crippen LogP contribution in [-0.2, 0) is 6.42 Å². The summed E-state index contributed by atoms with van der Waals surface area (Å²) in [6.07, 6.45) is 2.19. The van der Waals surface area contributed by atoms with Gasteiger partial charge < -0.3 is 5.32 Å². The van der Waals surface area contributed by atoms with Crippen LogP contribution in [0.3, 0.4) is 0 Å². The lowest BCUT2D eigenvalue weighted by molar-refractivity contribution is 0.479. The average Bonchev–Trinajstić information content (AvgIpc) is 2.75. The number of hydrogen-bond donors (Lipinski definition) is 1. The van der Waals surface area contributed by atoms with Gasteiger partial charge in [-0.2, -0.15) is 5.10 Å². The molecule has 2 aromatic rings. The number of nitrogens with one attached hydrogen (secondary N) is 1. The molecule has 0 spiro atoms. The molecule has 0 saturated carbocycles. The van der Waals surface area contributed by atoms with Crippen LogP contribution in [-0.4, -0.2) is 16.3 Å².